The molecular weight excluding hydrogens is 164 g/mol. The quantitative estimate of drug-likeness (QED) is 0.546. The Hall–Kier alpha value is -2.04. The van der Waals surface area contributed by atoms with E-state index < -0.39 is 0 Å². The average molecular weight is 172 g/mol. The highest BCUT2D eigenvalue weighted by Gasteiger charge is 2.00. The molecule has 1 aromatic carbocycles. The van der Waals surface area contributed by atoms with Gasteiger partial charge in [0, 0.05) is 5.56 Å². The lowest BCUT2D eigenvalue weighted by atomic mass is 10.1. The van der Waals surface area contributed by atoms with Gasteiger partial charge in [0.1, 0.15) is 17.4 Å². The Kier molecular flexibility index (Phi) is 2.86. The number of nitrogens with one attached hydrogen (secondary N) is 1. The molecule has 0 aromatic heterocycles. The molecule has 0 radical (unpaired) electrons. The van der Waals surface area contributed by atoms with Crippen molar-refractivity contribution in [1.29, 1.82) is 10.7 Å². The average Bonchev–Trinajstić information content (AvgIpc) is 2.20. The van der Waals surface area contributed by atoms with Crippen LogP contribution in [0.3, 0.4) is 0 Å². The fourth-order valence-corrected chi connectivity index (χ4v) is 0.943. The minimum Gasteiger partial charge on any atom is -0.497 e. The molecule has 0 saturated heterocycles. The molecule has 64 valence electrons. The lowest BCUT2D eigenvalue weighted by Crippen LogP contribution is -1.85. The van der Waals surface area contributed by atoms with E-state index in [1.165, 1.54) is 0 Å². The molecule has 0 heterocycles. The van der Waals surface area contributed by atoms with E-state index in [0.29, 0.717) is 11.3 Å². The number of allylic oxidation sites excluding steroid dienone is 1. The summed E-state index contributed by atoms with van der Waals surface area (Å²) in [6.07, 6.45) is 0. The fourth-order valence-electron chi connectivity index (χ4n) is 0.943. The van der Waals surface area contributed by atoms with E-state index in [1.54, 1.807) is 31.4 Å². The largest absolute Gasteiger partial charge is 0.497 e. The van der Waals surface area contributed by atoms with E-state index in [-0.39, 0.29) is 5.57 Å². The molecule has 0 unspecified atom stereocenters. The van der Waals surface area contributed by atoms with Gasteiger partial charge in [-0.15, -0.1) is 0 Å². The highest BCUT2D eigenvalue weighted by Crippen LogP contribution is 2.17. The van der Waals surface area contributed by atoms with Crippen LogP contribution in [-0.2, 0) is 0 Å². The third kappa shape index (κ3) is 1.96. The first-order valence-electron chi connectivity index (χ1n) is 3.66. The van der Waals surface area contributed by atoms with Crippen LogP contribution in [0, 0.1) is 16.7 Å². The van der Waals surface area contributed by atoms with Crippen LogP contribution in [-0.4, -0.2) is 13.0 Å². The van der Waals surface area contributed by atoms with E-state index in [2.05, 4.69) is 5.87 Å². The maximum Gasteiger partial charge on any atom is 0.120 e. The number of hydrogen-bond acceptors (Lipinski definition) is 3. The molecule has 0 saturated carbocycles. The smallest absolute Gasteiger partial charge is 0.120 e. The molecule has 1 rings (SSSR count). The van der Waals surface area contributed by atoms with Gasteiger partial charge in [-0.05, 0) is 18.0 Å². The zero-order chi connectivity index (χ0) is 9.68. The van der Waals surface area contributed by atoms with Crippen molar-refractivity contribution in [2.45, 2.75) is 0 Å². The number of rotatable bonds is 2. The standard InChI is InChI=1S/C10H8N2O/c1-13-10-4-2-3-8(5-10)9(6-11)7-12/h2-5,11H,1H3. The Balaban J connectivity index is 3.17. The first-order chi connectivity index (χ1) is 6.31. The normalized spacial score (nSPS) is 8.31. The Morgan fingerprint density at radius 1 is 1.54 bits per heavy atom. The van der Waals surface area contributed by atoms with Crippen LogP contribution >= 0.6 is 0 Å². The van der Waals surface area contributed by atoms with Gasteiger partial charge in [-0.25, -0.2) is 0 Å². The van der Waals surface area contributed by atoms with E-state index in [1.807, 2.05) is 6.07 Å². The predicted molar refractivity (Wildman–Crippen MR) is 49.7 cm³/mol. The topological polar surface area (TPSA) is 56.9 Å². The van der Waals surface area contributed by atoms with E-state index in [0.717, 1.165) is 0 Å². The van der Waals surface area contributed by atoms with Crippen molar-refractivity contribution >= 4 is 11.4 Å². The first kappa shape index (κ1) is 9.05. The molecule has 0 aliphatic rings. The summed E-state index contributed by atoms with van der Waals surface area (Å²) in [4.78, 5) is 0. The summed E-state index contributed by atoms with van der Waals surface area (Å²) in [5.41, 5.74) is 0.857. The second-order valence-electron chi connectivity index (χ2n) is 2.34. The van der Waals surface area contributed by atoms with Crippen molar-refractivity contribution in [2.75, 3.05) is 7.11 Å². The number of nitriles is 1. The van der Waals surface area contributed by atoms with Crippen LogP contribution in [0.2, 0.25) is 0 Å². The molecule has 1 N–H and O–H groups in total. The van der Waals surface area contributed by atoms with E-state index >= 15 is 0 Å². The Labute approximate surface area is 76.4 Å². The SMILES string of the molecule is COc1cccc(C(=C=N)C#N)c1. The number of benzene rings is 1. The van der Waals surface area contributed by atoms with Crippen LogP contribution in [0.5, 0.6) is 5.75 Å². The molecule has 0 atom stereocenters. The Morgan fingerprint density at radius 2 is 2.31 bits per heavy atom. The van der Waals surface area contributed by atoms with Gasteiger partial charge in [0.2, 0.25) is 0 Å². The molecule has 13 heavy (non-hydrogen) atoms. The maximum atomic E-state index is 8.63. The Bertz CT molecular complexity index is 398. The second kappa shape index (κ2) is 4.10. The highest BCUT2D eigenvalue weighted by atomic mass is 16.5. The minimum absolute atomic E-state index is 0.207. The summed E-state index contributed by atoms with van der Waals surface area (Å²) in [5.74, 6) is 2.74. The van der Waals surface area contributed by atoms with Gasteiger partial charge in [-0.1, -0.05) is 12.1 Å². The highest BCUT2D eigenvalue weighted by molar-refractivity contribution is 5.96. The van der Waals surface area contributed by atoms with Gasteiger partial charge in [0.25, 0.3) is 0 Å². The predicted octanol–water partition coefficient (Wildman–Crippen LogP) is 1.85. The van der Waals surface area contributed by atoms with Gasteiger partial charge in [0.05, 0.1) is 7.11 Å². The number of ether oxygens (including phenoxy) is 1. The monoisotopic (exact) mass is 172 g/mol. The summed E-state index contributed by atoms with van der Waals surface area (Å²) in [6.45, 7) is 0. The second-order valence-corrected chi connectivity index (χ2v) is 2.34. The fraction of sp³-hybridized carbons (Fsp3) is 0.100. The summed E-state index contributed by atoms with van der Waals surface area (Å²) >= 11 is 0. The van der Waals surface area contributed by atoms with Crippen molar-refractivity contribution in [2.24, 2.45) is 0 Å². The molecule has 0 bridgehead atoms. The summed E-state index contributed by atoms with van der Waals surface area (Å²) < 4.78 is 4.98. The molecule has 0 spiro atoms. The van der Waals surface area contributed by atoms with Crippen molar-refractivity contribution in [3.8, 4) is 11.8 Å². The third-order valence-electron chi connectivity index (χ3n) is 1.60. The van der Waals surface area contributed by atoms with Crippen molar-refractivity contribution in [1.82, 2.24) is 0 Å². The van der Waals surface area contributed by atoms with Crippen LogP contribution in [0.1, 0.15) is 5.56 Å². The molecular formula is C10H8N2O. The van der Waals surface area contributed by atoms with Crippen LogP contribution in [0.25, 0.3) is 5.57 Å². The van der Waals surface area contributed by atoms with Gasteiger partial charge >= 0.3 is 0 Å². The summed E-state index contributed by atoms with van der Waals surface area (Å²) in [7, 11) is 1.55. The molecule has 0 fully saturated rings. The lowest BCUT2D eigenvalue weighted by molar-refractivity contribution is 0.414. The summed E-state index contributed by atoms with van der Waals surface area (Å²) in [5, 5.41) is 15.5. The van der Waals surface area contributed by atoms with Crippen molar-refractivity contribution in [3.63, 3.8) is 0 Å². The Morgan fingerprint density at radius 3 is 2.85 bits per heavy atom. The lowest BCUT2D eigenvalue weighted by Gasteiger charge is -2.00. The van der Waals surface area contributed by atoms with Gasteiger partial charge < -0.3 is 4.74 Å². The first-order valence-corrected chi connectivity index (χ1v) is 3.66. The molecule has 3 nitrogen and oxygen atoms in total. The maximum absolute atomic E-state index is 8.63. The number of hydrogen-bond donors (Lipinski definition) is 1. The van der Waals surface area contributed by atoms with Crippen LogP contribution < -0.4 is 4.74 Å². The zero-order valence-electron chi connectivity index (χ0n) is 7.16. The van der Waals surface area contributed by atoms with E-state index in [9.17, 15) is 0 Å². The van der Waals surface area contributed by atoms with Gasteiger partial charge in [0.15, 0.2) is 0 Å². The third-order valence-corrected chi connectivity index (χ3v) is 1.60. The van der Waals surface area contributed by atoms with Gasteiger partial charge in [-0.2, -0.15) is 5.26 Å². The minimum atomic E-state index is 0.207. The molecule has 1 aromatic rings. The number of nitrogens with zero attached hydrogens (tertiary/aromatic N) is 1. The molecule has 3 heteroatoms. The zero-order valence-corrected chi connectivity index (χ0v) is 7.16. The van der Waals surface area contributed by atoms with Crippen molar-refractivity contribution in [3.05, 3.63) is 29.8 Å². The van der Waals surface area contributed by atoms with Gasteiger partial charge in [-0.3, -0.25) is 5.41 Å². The van der Waals surface area contributed by atoms with E-state index in [4.69, 9.17) is 15.4 Å². The van der Waals surface area contributed by atoms with Crippen molar-refractivity contribution < 1.29 is 4.74 Å². The summed E-state index contributed by atoms with van der Waals surface area (Å²) in [6, 6.07) is 8.86. The molecule has 0 amide bonds. The molecule has 0 aliphatic carbocycles. The van der Waals surface area contributed by atoms with Crippen LogP contribution in [0.15, 0.2) is 24.3 Å². The molecule has 0 aliphatic heterocycles. The van der Waals surface area contributed by atoms with Crippen LogP contribution in [0.4, 0.5) is 0 Å². The number of methoxy groups -OCH3 is 1.